The molecule has 0 unspecified atom stereocenters. The van der Waals surface area contributed by atoms with E-state index in [2.05, 4.69) is 26.2 Å². The van der Waals surface area contributed by atoms with Gasteiger partial charge in [0.1, 0.15) is 5.75 Å². The predicted molar refractivity (Wildman–Crippen MR) is 101 cm³/mol. The van der Waals surface area contributed by atoms with Crippen LogP contribution >= 0.6 is 15.9 Å². The summed E-state index contributed by atoms with van der Waals surface area (Å²) in [7, 11) is 3.18. The molecule has 1 heterocycles. The number of amides is 1. The van der Waals surface area contributed by atoms with E-state index in [-0.39, 0.29) is 5.91 Å². The first-order valence-electron chi connectivity index (χ1n) is 8.15. The highest BCUT2D eigenvalue weighted by Crippen LogP contribution is 2.44. The van der Waals surface area contributed by atoms with Crippen molar-refractivity contribution in [2.45, 2.75) is 19.3 Å². The second-order valence-corrected chi connectivity index (χ2v) is 7.03. The largest absolute Gasteiger partial charge is 0.495 e. The molecule has 0 atom stereocenters. The van der Waals surface area contributed by atoms with Crippen molar-refractivity contribution in [2.24, 2.45) is 0 Å². The first kappa shape index (κ1) is 16.1. The molecule has 0 bridgehead atoms. The van der Waals surface area contributed by atoms with Crippen molar-refractivity contribution < 1.29 is 14.3 Å². The number of aromatic amines is 1. The lowest BCUT2D eigenvalue weighted by Crippen LogP contribution is -2.21. The van der Waals surface area contributed by atoms with Gasteiger partial charge in [0.15, 0.2) is 6.29 Å². The van der Waals surface area contributed by atoms with Gasteiger partial charge in [-0.2, -0.15) is 0 Å². The maximum atomic E-state index is 12.7. The molecule has 0 fully saturated rings. The van der Waals surface area contributed by atoms with Crippen LogP contribution in [0.4, 0.5) is 0 Å². The Morgan fingerprint density at radius 3 is 2.72 bits per heavy atom. The average Bonchev–Trinajstić information content (AvgIpc) is 3.24. The Labute approximate surface area is 152 Å². The number of rotatable bonds is 3. The Bertz CT molecular complexity index is 1050. The molecule has 2 N–H and O–H groups in total. The molecule has 0 aliphatic heterocycles. The highest BCUT2D eigenvalue weighted by Gasteiger charge is 2.29. The number of hydrogen-bond acceptors (Lipinski definition) is 3. The van der Waals surface area contributed by atoms with Crippen LogP contribution in [0.2, 0.25) is 0 Å². The molecule has 0 spiro atoms. The second kappa shape index (κ2) is 5.88. The highest BCUT2D eigenvalue weighted by atomic mass is 79.9. The van der Waals surface area contributed by atoms with Crippen LogP contribution < -0.4 is 10.1 Å². The van der Waals surface area contributed by atoms with Gasteiger partial charge in [0, 0.05) is 18.0 Å². The molecular weight excluding hydrogens is 384 g/mol. The Morgan fingerprint density at radius 2 is 2.04 bits per heavy atom. The van der Waals surface area contributed by atoms with Crippen molar-refractivity contribution in [2.75, 3.05) is 14.2 Å². The fourth-order valence-corrected chi connectivity index (χ4v) is 4.49. The third-order valence-corrected chi connectivity index (χ3v) is 5.63. The van der Waals surface area contributed by atoms with Crippen molar-refractivity contribution in [1.29, 1.82) is 0 Å². The summed E-state index contributed by atoms with van der Waals surface area (Å²) in [6.45, 7) is 0. The van der Waals surface area contributed by atoms with Crippen molar-refractivity contribution >= 4 is 49.9 Å². The number of hydrogen-bond donors (Lipinski definition) is 2. The zero-order chi connectivity index (χ0) is 17.7. The van der Waals surface area contributed by atoms with Crippen LogP contribution in [0.15, 0.2) is 16.6 Å². The summed E-state index contributed by atoms with van der Waals surface area (Å²) in [5, 5.41) is 4.26. The molecule has 3 aromatic rings. The number of benzene rings is 2. The van der Waals surface area contributed by atoms with Gasteiger partial charge in [-0.3, -0.25) is 9.59 Å². The Morgan fingerprint density at radius 1 is 1.28 bits per heavy atom. The van der Waals surface area contributed by atoms with Gasteiger partial charge in [-0.05, 0) is 58.5 Å². The molecule has 6 heteroatoms. The number of carbonyl (C=O) groups is 2. The first-order valence-corrected chi connectivity index (χ1v) is 8.94. The minimum Gasteiger partial charge on any atom is -0.495 e. The van der Waals surface area contributed by atoms with E-state index in [0.717, 1.165) is 63.0 Å². The number of fused-ring (bicyclic) bond motifs is 5. The van der Waals surface area contributed by atoms with Crippen LogP contribution in [0, 0.1) is 0 Å². The molecular formula is C19H17BrN2O3. The Hall–Kier alpha value is -2.34. The maximum absolute atomic E-state index is 12.7. The molecule has 0 saturated carbocycles. The third kappa shape index (κ3) is 2.13. The monoisotopic (exact) mass is 400 g/mol. The van der Waals surface area contributed by atoms with E-state index in [1.54, 1.807) is 14.2 Å². The smallest absolute Gasteiger partial charge is 0.252 e. The number of H-pyrrole nitrogens is 1. The van der Waals surface area contributed by atoms with E-state index in [4.69, 9.17) is 4.74 Å². The normalized spacial score (nSPS) is 13.2. The lowest BCUT2D eigenvalue weighted by molar-refractivity contribution is 0.0959. The van der Waals surface area contributed by atoms with Gasteiger partial charge in [-0.15, -0.1) is 0 Å². The number of aryl methyl sites for hydroxylation is 1. The average molecular weight is 401 g/mol. The maximum Gasteiger partial charge on any atom is 0.252 e. The van der Waals surface area contributed by atoms with Gasteiger partial charge in [0.25, 0.3) is 5.91 Å². The molecule has 1 aromatic heterocycles. The van der Waals surface area contributed by atoms with Crippen LogP contribution in [-0.4, -0.2) is 31.3 Å². The summed E-state index contributed by atoms with van der Waals surface area (Å²) < 4.78 is 6.40. The minimum absolute atomic E-state index is 0.260. The van der Waals surface area contributed by atoms with E-state index in [0.29, 0.717) is 16.9 Å². The molecule has 1 amide bonds. The summed E-state index contributed by atoms with van der Waals surface area (Å²) in [5.41, 5.74) is 4.88. The molecule has 1 aliphatic carbocycles. The number of ether oxygens (including phenoxy) is 1. The highest BCUT2D eigenvalue weighted by molar-refractivity contribution is 9.10. The summed E-state index contributed by atoms with van der Waals surface area (Å²) in [5.74, 6) is 0.397. The SMILES string of the molecule is CNC(=O)c1c(C=O)c2c(c3[nH]c4ccc(Br)c(OC)c4c13)CCC2. The lowest BCUT2D eigenvalue weighted by atomic mass is 9.92. The number of methoxy groups -OCH3 is 1. The van der Waals surface area contributed by atoms with Crippen LogP contribution in [-0.2, 0) is 12.8 Å². The number of aromatic nitrogens is 1. The van der Waals surface area contributed by atoms with Gasteiger partial charge in [0.05, 0.1) is 33.6 Å². The second-order valence-electron chi connectivity index (χ2n) is 6.17. The summed E-state index contributed by atoms with van der Waals surface area (Å²) >= 11 is 3.52. The zero-order valence-electron chi connectivity index (χ0n) is 14.0. The first-order chi connectivity index (χ1) is 12.1. The molecule has 5 nitrogen and oxygen atoms in total. The molecule has 0 radical (unpaired) electrons. The lowest BCUT2D eigenvalue weighted by Gasteiger charge is -2.13. The minimum atomic E-state index is -0.260. The summed E-state index contributed by atoms with van der Waals surface area (Å²) in [6, 6.07) is 3.87. The van der Waals surface area contributed by atoms with Gasteiger partial charge in [0.2, 0.25) is 0 Å². The summed E-state index contributed by atoms with van der Waals surface area (Å²) in [4.78, 5) is 28.1. The molecule has 2 aromatic carbocycles. The van der Waals surface area contributed by atoms with Crippen molar-refractivity contribution in [1.82, 2.24) is 10.3 Å². The number of carbonyl (C=O) groups excluding carboxylic acids is 2. The van der Waals surface area contributed by atoms with Gasteiger partial charge >= 0.3 is 0 Å². The number of halogens is 1. The van der Waals surface area contributed by atoms with E-state index in [1.807, 2.05) is 12.1 Å². The standard InChI is InChI=1S/C19H17BrN2O3/c1-21-19(24)14-11(8-23)9-4-3-5-10(9)17-16(14)15-13(22-17)7-6-12(20)18(15)25-2/h6-8,22H,3-5H2,1-2H3,(H,21,24). The quantitative estimate of drug-likeness (QED) is 0.657. The molecule has 4 rings (SSSR count). The molecule has 1 aliphatic rings. The van der Waals surface area contributed by atoms with Crippen molar-refractivity contribution in [3.63, 3.8) is 0 Å². The van der Waals surface area contributed by atoms with Gasteiger partial charge in [-0.1, -0.05) is 0 Å². The number of aldehydes is 1. The third-order valence-electron chi connectivity index (χ3n) is 5.01. The molecule has 0 saturated heterocycles. The summed E-state index contributed by atoms with van der Waals surface area (Å²) in [6.07, 6.45) is 3.52. The van der Waals surface area contributed by atoms with E-state index < -0.39 is 0 Å². The van der Waals surface area contributed by atoms with Crippen molar-refractivity contribution in [3.05, 3.63) is 38.9 Å². The topological polar surface area (TPSA) is 71.2 Å². The fraction of sp³-hybridized carbons (Fsp3) is 0.263. The van der Waals surface area contributed by atoms with Crippen LogP contribution in [0.5, 0.6) is 5.75 Å². The van der Waals surface area contributed by atoms with Crippen LogP contribution in [0.1, 0.15) is 38.3 Å². The van der Waals surface area contributed by atoms with E-state index in [1.165, 1.54) is 0 Å². The number of nitrogens with one attached hydrogen (secondary N) is 2. The van der Waals surface area contributed by atoms with Crippen molar-refractivity contribution in [3.8, 4) is 5.75 Å². The van der Waals surface area contributed by atoms with Gasteiger partial charge < -0.3 is 15.0 Å². The van der Waals surface area contributed by atoms with Crippen LogP contribution in [0.3, 0.4) is 0 Å². The molecule has 128 valence electrons. The fourth-order valence-electron chi connectivity index (χ4n) is 4.00. The van der Waals surface area contributed by atoms with Gasteiger partial charge in [-0.25, -0.2) is 0 Å². The van der Waals surface area contributed by atoms with E-state index >= 15 is 0 Å². The Kier molecular flexibility index (Phi) is 3.80. The van der Waals surface area contributed by atoms with E-state index in [9.17, 15) is 9.59 Å². The Balaban J connectivity index is 2.31. The molecule has 25 heavy (non-hydrogen) atoms. The van der Waals surface area contributed by atoms with Crippen LogP contribution in [0.25, 0.3) is 21.8 Å². The predicted octanol–water partition coefficient (Wildman–Crippen LogP) is 3.75. The zero-order valence-corrected chi connectivity index (χ0v) is 15.5.